The van der Waals surface area contributed by atoms with Crippen LogP contribution in [0.1, 0.15) is 30.8 Å². The van der Waals surface area contributed by atoms with E-state index in [9.17, 15) is 9.59 Å². The molecule has 1 rings (SSSR count). The zero-order chi connectivity index (χ0) is 12.8. The van der Waals surface area contributed by atoms with Gasteiger partial charge in [-0.1, -0.05) is 13.8 Å². The summed E-state index contributed by atoms with van der Waals surface area (Å²) in [6.45, 7) is 3.85. The van der Waals surface area contributed by atoms with Gasteiger partial charge in [-0.2, -0.15) is 0 Å². The highest BCUT2D eigenvalue weighted by Crippen LogP contribution is 2.09. The number of carbonyl (C=O) groups is 2. The number of methoxy groups -OCH3 is 1. The number of ether oxygens (including phenoxy) is 1. The number of carbonyl (C=O) groups excluding carboxylic acids is 2. The average Bonchev–Trinajstić information content (AvgIpc) is 2.81. The van der Waals surface area contributed by atoms with E-state index in [0.717, 1.165) is 0 Å². The quantitative estimate of drug-likeness (QED) is 0.792. The van der Waals surface area contributed by atoms with Gasteiger partial charge < -0.3 is 14.5 Å². The Kier molecular flexibility index (Phi) is 4.75. The van der Waals surface area contributed by atoms with Crippen molar-refractivity contribution < 1.29 is 18.7 Å². The summed E-state index contributed by atoms with van der Waals surface area (Å²) in [5.74, 6) is -0.297. The Hall–Kier alpha value is -1.78. The summed E-state index contributed by atoms with van der Waals surface area (Å²) in [6, 6.07) is 2.95. The first kappa shape index (κ1) is 13.3. The molecule has 1 aromatic heterocycles. The molecule has 1 aromatic rings. The molecular formula is C12H17NO4. The maximum absolute atomic E-state index is 11.7. The van der Waals surface area contributed by atoms with E-state index >= 15 is 0 Å². The zero-order valence-electron chi connectivity index (χ0n) is 10.2. The second kappa shape index (κ2) is 6.08. The van der Waals surface area contributed by atoms with Gasteiger partial charge in [-0.05, 0) is 18.1 Å². The minimum atomic E-state index is -0.344. The minimum absolute atomic E-state index is 0.132. The van der Waals surface area contributed by atoms with E-state index in [1.807, 2.05) is 13.8 Å². The molecule has 0 aliphatic rings. The van der Waals surface area contributed by atoms with Crippen LogP contribution >= 0.6 is 0 Å². The highest BCUT2D eigenvalue weighted by Gasteiger charge is 2.21. The SMILES string of the molecule is COC(=O)CC(NC(=O)c1ccco1)C(C)C. The van der Waals surface area contributed by atoms with Crippen molar-refractivity contribution in [3.05, 3.63) is 24.2 Å². The monoisotopic (exact) mass is 239 g/mol. The standard InChI is InChI=1S/C12H17NO4/c1-8(2)9(7-11(14)16-3)13-12(15)10-5-4-6-17-10/h4-6,8-9H,7H2,1-3H3,(H,13,15). The van der Waals surface area contributed by atoms with Crippen LogP contribution in [0.4, 0.5) is 0 Å². The van der Waals surface area contributed by atoms with Gasteiger partial charge >= 0.3 is 5.97 Å². The van der Waals surface area contributed by atoms with Crippen molar-refractivity contribution >= 4 is 11.9 Å². The Morgan fingerprint density at radius 1 is 1.47 bits per heavy atom. The third kappa shape index (κ3) is 3.94. The van der Waals surface area contributed by atoms with Crippen LogP contribution in [0, 0.1) is 5.92 Å². The van der Waals surface area contributed by atoms with Crippen LogP contribution in [0.25, 0.3) is 0 Å². The maximum Gasteiger partial charge on any atom is 0.307 e. The lowest BCUT2D eigenvalue weighted by Crippen LogP contribution is -2.40. The van der Waals surface area contributed by atoms with Crippen LogP contribution < -0.4 is 5.32 Å². The third-order valence-electron chi connectivity index (χ3n) is 2.48. The van der Waals surface area contributed by atoms with E-state index in [4.69, 9.17) is 4.42 Å². The predicted molar refractivity (Wildman–Crippen MR) is 61.4 cm³/mol. The number of rotatable bonds is 5. The number of hydrogen-bond donors (Lipinski definition) is 1. The summed E-state index contributed by atoms with van der Waals surface area (Å²) in [6.07, 6.45) is 1.58. The molecule has 0 aromatic carbocycles. The van der Waals surface area contributed by atoms with Gasteiger partial charge in [-0.3, -0.25) is 9.59 Å². The molecule has 5 heteroatoms. The number of nitrogens with one attached hydrogen (secondary N) is 1. The average molecular weight is 239 g/mol. The van der Waals surface area contributed by atoms with Gasteiger partial charge in [0.2, 0.25) is 0 Å². The normalized spacial score (nSPS) is 12.2. The number of hydrogen-bond acceptors (Lipinski definition) is 4. The highest BCUT2D eigenvalue weighted by atomic mass is 16.5. The van der Waals surface area contributed by atoms with Crippen LogP contribution in [0.5, 0.6) is 0 Å². The smallest absolute Gasteiger partial charge is 0.307 e. The summed E-state index contributed by atoms with van der Waals surface area (Å²) in [7, 11) is 1.33. The molecule has 1 amide bonds. The van der Waals surface area contributed by atoms with E-state index in [2.05, 4.69) is 10.1 Å². The number of furan rings is 1. The second-order valence-electron chi connectivity index (χ2n) is 4.08. The zero-order valence-corrected chi connectivity index (χ0v) is 10.2. The van der Waals surface area contributed by atoms with E-state index in [1.165, 1.54) is 13.4 Å². The van der Waals surface area contributed by atoms with Crippen LogP contribution in [-0.2, 0) is 9.53 Å². The van der Waals surface area contributed by atoms with Crippen molar-refractivity contribution in [2.75, 3.05) is 7.11 Å². The van der Waals surface area contributed by atoms with Gasteiger partial charge in [-0.25, -0.2) is 0 Å². The predicted octanol–water partition coefficient (Wildman–Crippen LogP) is 1.60. The lowest BCUT2D eigenvalue weighted by Gasteiger charge is -2.20. The second-order valence-corrected chi connectivity index (χ2v) is 4.08. The fourth-order valence-electron chi connectivity index (χ4n) is 1.36. The van der Waals surface area contributed by atoms with Gasteiger partial charge in [0, 0.05) is 6.04 Å². The molecule has 5 nitrogen and oxygen atoms in total. The molecule has 0 aliphatic carbocycles. The van der Waals surface area contributed by atoms with Crippen molar-refractivity contribution in [3.8, 4) is 0 Å². The van der Waals surface area contributed by atoms with Crippen LogP contribution in [0.15, 0.2) is 22.8 Å². The Balaban J connectivity index is 2.61. The first-order valence-corrected chi connectivity index (χ1v) is 5.45. The Labute approximate surface area is 100 Å². The molecule has 0 bridgehead atoms. The molecule has 1 N–H and O–H groups in total. The van der Waals surface area contributed by atoms with Gasteiger partial charge in [-0.15, -0.1) is 0 Å². The van der Waals surface area contributed by atoms with Crippen molar-refractivity contribution in [1.82, 2.24) is 5.32 Å². The molecule has 94 valence electrons. The van der Waals surface area contributed by atoms with Crippen LogP contribution in [0.2, 0.25) is 0 Å². The fraction of sp³-hybridized carbons (Fsp3) is 0.500. The maximum atomic E-state index is 11.7. The third-order valence-corrected chi connectivity index (χ3v) is 2.48. The molecule has 0 saturated carbocycles. The first-order chi connectivity index (χ1) is 8.04. The van der Waals surface area contributed by atoms with Crippen LogP contribution in [-0.4, -0.2) is 25.0 Å². The summed E-state index contributed by atoms with van der Waals surface area (Å²) in [4.78, 5) is 22.9. The van der Waals surface area contributed by atoms with Gasteiger partial charge in [0.05, 0.1) is 19.8 Å². The van der Waals surface area contributed by atoms with Crippen molar-refractivity contribution in [2.24, 2.45) is 5.92 Å². The Morgan fingerprint density at radius 2 is 2.18 bits per heavy atom. The molecule has 0 fully saturated rings. The minimum Gasteiger partial charge on any atom is -0.469 e. The summed E-state index contributed by atoms with van der Waals surface area (Å²) >= 11 is 0. The van der Waals surface area contributed by atoms with E-state index in [0.29, 0.717) is 0 Å². The van der Waals surface area contributed by atoms with Crippen molar-refractivity contribution in [1.29, 1.82) is 0 Å². The van der Waals surface area contributed by atoms with E-state index in [-0.39, 0.29) is 36.0 Å². The lowest BCUT2D eigenvalue weighted by molar-refractivity contribution is -0.141. The highest BCUT2D eigenvalue weighted by molar-refractivity contribution is 5.91. The Morgan fingerprint density at radius 3 is 2.65 bits per heavy atom. The molecule has 0 spiro atoms. The van der Waals surface area contributed by atoms with Crippen LogP contribution in [0.3, 0.4) is 0 Å². The molecular weight excluding hydrogens is 222 g/mol. The molecule has 1 heterocycles. The molecule has 0 radical (unpaired) electrons. The van der Waals surface area contributed by atoms with Gasteiger partial charge in [0.15, 0.2) is 5.76 Å². The number of amides is 1. The fourth-order valence-corrected chi connectivity index (χ4v) is 1.36. The molecule has 0 saturated heterocycles. The number of esters is 1. The largest absolute Gasteiger partial charge is 0.469 e. The summed E-state index contributed by atoms with van der Waals surface area (Å²) < 4.78 is 9.57. The summed E-state index contributed by atoms with van der Waals surface area (Å²) in [5, 5.41) is 2.75. The Bertz CT molecular complexity index is 370. The first-order valence-electron chi connectivity index (χ1n) is 5.45. The van der Waals surface area contributed by atoms with Gasteiger partial charge in [0.1, 0.15) is 0 Å². The topological polar surface area (TPSA) is 68.5 Å². The van der Waals surface area contributed by atoms with Crippen molar-refractivity contribution in [3.63, 3.8) is 0 Å². The summed E-state index contributed by atoms with van der Waals surface area (Å²) in [5.41, 5.74) is 0. The molecule has 0 aliphatic heterocycles. The molecule has 1 unspecified atom stereocenters. The van der Waals surface area contributed by atoms with E-state index in [1.54, 1.807) is 12.1 Å². The molecule has 17 heavy (non-hydrogen) atoms. The van der Waals surface area contributed by atoms with Gasteiger partial charge in [0.25, 0.3) is 5.91 Å². The molecule has 1 atom stereocenters. The lowest BCUT2D eigenvalue weighted by atomic mass is 10.0. The van der Waals surface area contributed by atoms with E-state index < -0.39 is 0 Å². The van der Waals surface area contributed by atoms with Crippen molar-refractivity contribution in [2.45, 2.75) is 26.3 Å².